The first-order chi connectivity index (χ1) is 11.3. The van der Waals surface area contributed by atoms with Crippen LogP contribution in [-0.2, 0) is 5.54 Å². The molecule has 1 saturated carbocycles. The monoisotopic (exact) mass is 315 g/mol. The van der Waals surface area contributed by atoms with Crippen molar-refractivity contribution in [2.75, 3.05) is 20.3 Å². The number of rotatable bonds is 3. The summed E-state index contributed by atoms with van der Waals surface area (Å²) in [5.74, 6) is 2.39. The normalized spacial score (nSPS) is 19.5. The Hall–Kier alpha value is -2.15. The van der Waals surface area contributed by atoms with Crippen LogP contribution in [0.15, 0.2) is 18.2 Å². The third kappa shape index (κ3) is 2.45. The SMILES string of the molecule is CNC1(c2nnnn2-c2ccc3c(c2)OCCO3)CCCCC1. The van der Waals surface area contributed by atoms with Gasteiger partial charge in [0.05, 0.1) is 11.2 Å². The van der Waals surface area contributed by atoms with Gasteiger partial charge in [0, 0.05) is 6.07 Å². The van der Waals surface area contributed by atoms with Crippen LogP contribution < -0.4 is 14.8 Å². The second-order valence-electron chi connectivity index (χ2n) is 6.14. The first kappa shape index (κ1) is 14.4. The molecule has 1 aliphatic carbocycles. The minimum Gasteiger partial charge on any atom is -0.486 e. The summed E-state index contributed by atoms with van der Waals surface area (Å²) < 4.78 is 13.1. The number of aromatic nitrogens is 4. The highest BCUT2D eigenvalue weighted by atomic mass is 16.6. The third-order valence-corrected chi connectivity index (χ3v) is 4.85. The van der Waals surface area contributed by atoms with Crippen LogP contribution in [0.5, 0.6) is 11.5 Å². The zero-order valence-electron chi connectivity index (χ0n) is 13.3. The summed E-state index contributed by atoms with van der Waals surface area (Å²) >= 11 is 0. The van der Waals surface area contributed by atoms with E-state index in [9.17, 15) is 0 Å². The van der Waals surface area contributed by atoms with E-state index in [2.05, 4.69) is 20.8 Å². The lowest BCUT2D eigenvalue weighted by Crippen LogP contribution is -2.44. The molecule has 1 aliphatic heterocycles. The van der Waals surface area contributed by atoms with Crippen LogP contribution in [0.25, 0.3) is 5.69 Å². The van der Waals surface area contributed by atoms with Gasteiger partial charge in [-0.2, -0.15) is 4.68 Å². The zero-order valence-corrected chi connectivity index (χ0v) is 13.3. The van der Waals surface area contributed by atoms with E-state index >= 15 is 0 Å². The Bertz CT molecular complexity index is 694. The Kier molecular flexibility index (Phi) is 3.65. The van der Waals surface area contributed by atoms with Gasteiger partial charge >= 0.3 is 0 Å². The lowest BCUT2D eigenvalue weighted by molar-refractivity contribution is 0.171. The van der Waals surface area contributed by atoms with E-state index in [-0.39, 0.29) is 5.54 Å². The molecule has 0 bridgehead atoms. The number of hydrogen-bond acceptors (Lipinski definition) is 6. The number of fused-ring (bicyclic) bond motifs is 1. The largest absolute Gasteiger partial charge is 0.486 e. The van der Waals surface area contributed by atoms with Gasteiger partial charge < -0.3 is 14.8 Å². The average Bonchev–Trinajstić information content (AvgIpc) is 3.12. The first-order valence-corrected chi connectivity index (χ1v) is 8.20. The van der Waals surface area contributed by atoms with Crippen LogP contribution in [0.3, 0.4) is 0 Å². The summed E-state index contributed by atoms with van der Waals surface area (Å²) in [6, 6.07) is 5.84. The van der Waals surface area contributed by atoms with Gasteiger partial charge in [-0.25, -0.2) is 0 Å². The van der Waals surface area contributed by atoms with Gasteiger partial charge in [0.15, 0.2) is 17.3 Å². The van der Waals surface area contributed by atoms with E-state index in [1.807, 2.05) is 29.9 Å². The van der Waals surface area contributed by atoms with Gasteiger partial charge in [-0.15, -0.1) is 5.10 Å². The Balaban J connectivity index is 1.75. The van der Waals surface area contributed by atoms with Gasteiger partial charge in [0.1, 0.15) is 13.2 Å². The summed E-state index contributed by atoms with van der Waals surface area (Å²) in [5.41, 5.74) is 0.740. The number of tetrazole rings is 1. The predicted octanol–water partition coefficient (Wildman–Crippen LogP) is 1.81. The summed E-state index contributed by atoms with van der Waals surface area (Å²) in [6.45, 7) is 1.16. The second kappa shape index (κ2) is 5.81. The van der Waals surface area contributed by atoms with Crippen LogP contribution in [0.2, 0.25) is 0 Å². The van der Waals surface area contributed by atoms with Gasteiger partial charge in [0.2, 0.25) is 0 Å². The van der Waals surface area contributed by atoms with Crippen LogP contribution in [0.4, 0.5) is 0 Å². The van der Waals surface area contributed by atoms with Crippen LogP contribution in [-0.4, -0.2) is 40.5 Å². The quantitative estimate of drug-likeness (QED) is 0.931. The van der Waals surface area contributed by atoms with Crippen molar-refractivity contribution in [2.45, 2.75) is 37.6 Å². The van der Waals surface area contributed by atoms with Gasteiger partial charge in [0.25, 0.3) is 0 Å². The molecule has 1 N–H and O–H groups in total. The standard InChI is InChI=1S/C16H21N5O2/c1-17-16(7-3-2-4-8-16)15-18-19-20-21(15)12-5-6-13-14(11-12)23-10-9-22-13/h5-6,11,17H,2-4,7-10H2,1H3. The fourth-order valence-electron chi connectivity index (χ4n) is 3.56. The smallest absolute Gasteiger partial charge is 0.176 e. The Morgan fingerprint density at radius 3 is 2.65 bits per heavy atom. The Labute approximate surface area is 135 Å². The van der Waals surface area contributed by atoms with Crippen molar-refractivity contribution in [2.24, 2.45) is 0 Å². The Morgan fingerprint density at radius 2 is 1.87 bits per heavy atom. The molecule has 1 aromatic heterocycles. The molecule has 1 aromatic carbocycles. The number of benzene rings is 1. The first-order valence-electron chi connectivity index (χ1n) is 8.20. The van der Waals surface area contributed by atoms with Crippen molar-refractivity contribution >= 4 is 0 Å². The molecular formula is C16H21N5O2. The van der Waals surface area contributed by atoms with E-state index in [1.165, 1.54) is 19.3 Å². The molecule has 0 unspecified atom stereocenters. The maximum atomic E-state index is 5.68. The highest BCUT2D eigenvalue weighted by Gasteiger charge is 2.37. The molecular weight excluding hydrogens is 294 g/mol. The Morgan fingerprint density at radius 1 is 1.09 bits per heavy atom. The molecule has 2 heterocycles. The lowest BCUT2D eigenvalue weighted by Gasteiger charge is -2.35. The molecule has 0 atom stereocenters. The molecule has 122 valence electrons. The predicted molar refractivity (Wildman–Crippen MR) is 84.0 cm³/mol. The maximum absolute atomic E-state index is 5.68. The summed E-state index contributed by atoms with van der Waals surface area (Å²) in [7, 11) is 1.99. The number of hydrogen-bond donors (Lipinski definition) is 1. The summed E-state index contributed by atoms with van der Waals surface area (Å²) in [6.07, 6.45) is 5.75. The molecule has 7 nitrogen and oxygen atoms in total. The molecule has 7 heteroatoms. The lowest BCUT2D eigenvalue weighted by atomic mass is 9.81. The molecule has 23 heavy (non-hydrogen) atoms. The van der Waals surface area contributed by atoms with E-state index in [1.54, 1.807) is 0 Å². The van der Waals surface area contributed by atoms with Crippen LogP contribution in [0.1, 0.15) is 37.9 Å². The molecule has 0 radical (unpaired) electrons. The highest BCUT2D eigenvalue weighted by Crippen LogP contribution is 2.37. The maximum Gasteiger partial charge on any atom is 0.176 e. The molecule has 2 aromatic rings. The van der Waals surface area contributed by atoms with E-state index in [0.717, 1.165) is 35.9 Å². The fraction of sp³-hybridized carbons (Fsp3) is 0.562. The average molecular weight is 315 g/mol. The zero-order chi connectivity index (χ0) is 15.7. The topological polar surface area (TPSA) is 74.1 Å². The van der Waals surface area contributed by atoms with Gasteiger partial charge in [-0.3, -0.25) is 0 Å². The van der Waals surface area contributed by atoms with Gasteiger partial charge in [-0.1, -0.05) is 19.3 Å². The third-order valence-electron chi connectivity index (χ3n) is 4.85. The van der Waals surface area contributed by atoms with Crippen molar-refractivity contribution < 1.29 is 9.47 Å². The van der Waals surface area contributed by atoms with E-state index < -0.39 is 0 Å². The van der Waals surface area contributed by atoms with Crippen molar-refractivity contribution in [1.29, 1.82) is 0 Å². The minimum absolute atomic E-state index is 0.158. The van der Waals surface area contributed by atoms with Crippen molar-refractivity contribution in [3.63, 3.8) is 0 Å². The van der Waals surface area contributed by atoms with Crippen molar-refractivity contribution in [3.05, 3.63) is 24.0 Å². The highest BCUT2D eigenvalue weighted by molar-refractivity contribution is 5.49. The van der Waals surface area contributed by atoms with Crippen LogP contribution in [0, 0.1) is 0 Å². The molecule has 2 aliphatic rings. The molecule has 1 fully saturated rings. The number of nitrogens with zero attached hydrogens (tertiary/aromatic N) is 4. The minimum atomic E-state index is -0.158. The van der Waals surface area contributed by atoms with Gasteiger partial charge in [-0.05, 0) is 42.4 Å². The molecule has 0 spiro atoms. The number of ether oxygens (including phenoxy) is 2. The van der Waals surface area contributed by atoms with Crippen LogP contribution >= 0.6 is 0 Å². The van der Waals surface area contributed by atoms with Crippen molar-refractivity contribution in [1.82, 2.24) is 25.5 Å². The summed E-state index contributed by atoms with van der Waals surface area (Å²) in [5, 5.41) is 16.0. The fourth-order valence-corrected chi connectivity index (χ4v) is 3.56. The van der Waals surface area contributed by atoms with E-state index in [4.69, 9.17) is 9.47 Å². The second-order valence-corrected chi connectivity index (χ2v) is 6.14. The van der Waals surface area contributed by atoms with E-state index in [0.29, 0.717) is 13.2 Å². The molecule has 0 saturated heterocycles. The molecule has 4 rings (SSSR count). The molecule has 0 amide bonds. The number of nitrogens with one attached hydrogen (secondary N) is 1. The van der Waals surface area contributed by atoms with Crippen molar-refractivity contribution in [3.8, 4) is 17.2 Å². The summed E-state index contributed by atoms with van der Waals surface area (Å²) in [4.78, 5) is 0.